The van der Waals surface area contributed by atoms with Gasteiger partial charge in [0.05, 0.1) is 25.2 Å². The second-order valence-electron chi connectivity index (χ2n) is 8.31. The number of amides is 2. The number of carbonyl (C=O) groups is 2. The highest BCUT2D eigenvalue weighted by atomic mass is 32.2. The van der Waals surface area contributed by atoms with Crippen LogP contribution in [0.2, 0.25) is 0 Å². The first-order valence-electron chi connectivity index (χ1n) is 11.6. The van der Waals surface area contributed by atoms with E-state index in [0.717, 1.165) is 8.61 Å². The third kappa shape index (κ3) is 6.96. The van der Waals surface area contributed by atoms with Gasteiger partial charge in [-0.05, 0) is 24.3 Å². The monoisotopic (exact) mass is 536 g/mol. The normalized spacial score (nSPS) is 24.0. The van der Waals surface area contributed by atoms with E-state index in [1.54, 1.807) is 60.7 Å². The molecule has 1 aliphatic rings. The van der Waals surface area contributed by atoms with Crippen LogP contribution in [-0.4, -0.2) is 104 Å². The van der Waals surface area contributed by atoms with E-state index in [2.05, 4.69) is 10.6 Å². The molecule has 1 aliphatic heterocycles. The number of para-hydroxylation sites is 2. The molecule has 2 aromatic rings. The van der Waals surface area contributed by atoms with Gasteiger partial charge < -0.3 is 30.3 Å². The van der Waals surface area contributed by atoms with E-state index < -0.39 is 59.4 Å². The molecule has 0 spiro atoms. The van der Waals surface area contributed by atoms with Gasteiger partial charge in [-0.25, -0.2) is 0 Å². The predicted molar refractivity (Wildman–Crippen MR) is 134 cm³/mol. The van der Waals surface area contributed by atoms with Crippen molar-refractivity contribution in [1.29, 1.82) is 0 Å². The Morgan fingerprint density at radius 3 is 1.43 bits per heavy atom. The maximum absolute atomic E-state index is 13.9. The highest BCUT2D eigenvalue weighted by Crippen LogP contribution is 2.28. The molecule has 1 heterocycles. The number of hydrogen-bond donors (Lipinski definition) is 4. The quantitative estimate of drug-likeness (QED) is 0.300. The summed E-state index contributed by atoms with van der Waals surface area (Å²) in [4.78, 5) is 24.7. The van der Waals surface area contributed by atoms with Gasteiger partial charge in [-0.3, -0.25) is 9.59 Å². The van der Waals surface area contributed by atoms with Crippen LogP contribution in [0.3, 0.4) is 0 Å². The van der Waals surface area contributed by atoms with E-state index in [1.165, 1.54) is 14.1 Å². The first-order valence-corrected chi connectivity index (χ1v) is 13.0. The number of nitrogens with zero attached hydrogens (tertiary/aromatic N) is 2. The van der Waals surface area contributed by atoms with Crippen LogP contribution in [-0.2, 0) is 19.8 Å². The molecule has 1 saturated heterocycles. The molecule has 202 valence electrons. The Balaban J connectivity index is 2.02. The van der Waals surface area contributed by atoms with Crippen molar-refractivity contribution in [3.63, 3.8) is 0 Å². The number of likely N-dealkylation sites (N-methyl/N-ethyl adjacent to an activating group) is 2. The molecule has 4 atom stereocenters. The van der Waals surface area contributed by atoms with E-state index >= 15 is 0 Å². The lowest BCUT2D eigenvalue weighted by Crippen LogP contribution is -2.56. The molecule has 1 fully saturated rings. The first-order chi connectivity index (χ1) is 17.7. The molecule has 4 N–H and O–H groups in total. The number of carbonyl (C=O) groups excluding carboxylic acids is 2. The van der Waals surface area contributed by atoms with Gasteiger partial charge >= 0.3 is 0 Å². The second kappa shape index (κ2) is 12.8. The minimum absolute atomic E-state index is 0.376. The summed E-state index contributed by atoms with van der Waals surface area (Å²) in [7, 11) is -1.94. The van der Waals surface area contributed by atoms with E-state index in [4.69, 9.17) is 9.47 Å². The molecule has 2 amide bonds. The van der Waals surface area contributed by atoms with E-state index in [0.29, 0.717) is 11.5 Å². The van der Waals surface area contributed by atoms with Crippen molar-refractivity contribution in [2.75, 3.05) is 40.4 Å². The Kier molecular flexibility index (Phi) is 9.83. The van der Waals surface area contributed by atoms with Crippen LogP contribution in [0.15, 0.2) is 60.7 Å². The lowest BCUT2D eigenvalue weighted by Gasteiger charge is -2.33. The number of benzene rings is 2. The number of nitrogens with one attached hydrogen (secondary N) is 2. The summed E-state index contributed by atoms with van der Waals surface area (Å²) in [6.45, 7) is -2.11. The Labute approximate surface area is 216 Å². The van der Waals surface area contributed by atoms with E-state index in [-0.39, 0.29) is 13.2 Å². The minimum Gasteiger partial charge on any atom is -0.492 e. The fourth-order valence-electron chi connectivity index (χ4n) is 3.87. The third-order valence-corrected chi connectivity index (χ3v) is 7.94. The zero-order chi connectivity index (χ0) is 27.0. The molecular formula is C24H32N4O8S. The van der Waals surface area contributed by atoms with Crippen LogP contribution in [0.5, 0.6) is 11.5 Å². The molecule has 13 heteroatoms. The first kappa shape index (κ1) is 28.3. The summed E-state index contributed by atoms with van der Waals surface area (Å²) in [5.41, 5.74) is 0. The van der Waals surface area contributed by atoms with E-state index in [1.807, 2.05) is 0 Å². The SMILES string of the molecule is CNC(=O)CN1C(COc2ccccc2)C(O)[C@H](O)[C@H](COc2ccccc2)N(CC(=O)NC)S1(=O)=O. The standard InChI is InChI=1S/C24H32N4O8S/c1-25-21(29)13-27-19(15-35-17-9-5-3-6-10-17)23(31)24(32)20(16-36-18-11-7-4-8-12-18)28(37(27,33)34)14-22(30)26-2/h3-12,19-20,23-24,31-32H,13-16H2,1-2H3,(H,25,29)(H,26,30)/t19-,20?,23+,24?/m0/s1. The van der Waals surface area contributed by atoms with Crippen LogP contribution in [0, 0.1) is 0 Å². The molecule has 0 saturated carbocycles. The van der Waals surface area contributed by atoms with Gasteiger partial charge in [0, 0.05) is 14.1 Å². The van der Waals surface area contributed by atoms with Crippen LogP contribution in [0.25, 0.3) is 0 Å². The summed E-state index contributed by atoms with van der Waals surface area (Å²) < 4.78 is 40.8. The molecule has 37 heavy (non-hydrogen) atoms. The van der Waals surface area contributed by atoms with Crippen molar-refractivity contribution >= 4 is 22.0 Å². The zero-order valence-electron chi connectivity index (χ0n) is 20.6. The average molecular weight is 537 g/mol. The van der Waals surface area contributed by atoms with Crippen LogP contribution in [0.4, 0.5) is 0 Å². The smallest absolute Gasteiger partial charge is 0.283 e. The van der Waals surface area contributed by atoms with Crippen LogP contribution in [0.1, 0.15) is 0 Å². The molecule has 3 rings (SSSR count). The summed E-state index contributed by atoms with van der Waals surface area (Å²) in [5.74, 6) is -0.517. The molecule has 2 unspecified atom stereocenters. The fourth-order valence-corrected chi connectivity index (χ4v) is 5.76. The number of hydrogen-bond acceptors (Lipinski definition) is 8. The van der Waals surface area contributed by atoms with Crippen molar-refractivity contribution in [3.8, 4) is 11.5 Å². The Bertz CT molecular complexity index is 1050. The largest absolute Gasteiger partial charge is 0.492 e. The average Bonchev–Trinajstić information content (AvgIpc) is 2.96. The summed E-state index contributed by atoms with van der Waals surface area (Å²) >= 11 is 0. The van der Waals surface area contributed by atoms with Gasteiger partial charge in [-0.15, -0.1) is 0 Å². The van der Waals surface area contributed by atoms with Gasteiger partial charge in [0.25, 0.3) is 10.2 Å². The van der Waals surface area contributed by atoms with Gasteiger partial charge in [0.1, 0.15) is 36.9 Å². The molecule has 0 aliphatic carbocycles. The summed E-state index contributed by atoms with van der Waals surface area (Å²) in [5, 5.41) is 27.1. The number of ether oxygens (including phenoxy) is 2. The molecule has 2 aromatic carbocycles. The van der Waals surface area contributed by atoms with Crippen molar-refractivity contribution in [2.45, 2.75) is 24.3 Å². The van der Waals surface area contributed by atoms with Crippen LogP contribution < -0.4 is 20.1 Å². The maximum Gasteiger partial charge on any atom is 0.283 e. The van der Waals surface area contributed by atoms with Gasteiger partial charge in [-0.2, -0.15) is 17.0 Å². The highest BCUT2D eigenvalue weighted by Gasteiger charge is 2.52. The third-order valence-electron chi connectivity index (χ3n) is 5.96. The second-order valence-corrected chi connectivity index (χ2v) is 10.1. The van der Waals surface area contributed by atoms with Crippen molar-refractivity contribution in [3.05, 3.63) is 60.7 Å². The maximum atomic E-state index is 13.9. The lowest BCUT2D eigenvalue weighted by molar-refractivity contribution is -0.123. The van der Waals surface area contributed by atoms with Crippen LogP contribution >= 0.6 is 0 Å². The molecule has 0 aromatic heterocycles. The molecule has 0 bridgehead atoms. The Hall–Kier alpha value is -3.23. The fraction of sp³-hybridized carbons (Fsp3) is 0.417. The lowest BCUT2D eigenvalue weighted by atomic mass is 9.99. The Morgan fingerprint density at radius 1 is 0.757 bits per heavy atom. The molecule has 0 radical (unpaired) electrons. The van der Waals surface area contributed by atoms with Gasteiger partial charge in [0.2, 0.25) is 11.8 Å². The van der Waals surface area contributed by atoms with Gasteiger partial charge in [0.15, 0.2) is 0 Å². The van der Waals surface area contributed by atoms with E-state index in [9.17, 15) is 28.2 Å². The van der Waals surface area contributed by atoms with Crippen molar-refractivity contribution in [1.82, 2.24) is 19.2 Å². The summed E-state index contributed by atoms with van der Waals surface area (Å²) in [6.07, 6.45) is -3.38. The minimum atomic E-state index is -4.62. The molecule has 12 nitrogen and oxygen atoms in total. The summed E-state index contributed by atoms with van der Waals surface area (Å²) in [6, 6.07) is 14.3. The number of aliphatic hydroxyl groups is 2. The van der Waals surface area contributed by atoms with Crippen molar-refractivity contribution < 1.29 is 37.7 Å². The molecular weight excluding hydrogens is 504 g/mol. The Morgan fingerprint density at radius 2 is 1.11 bits per heavy atom. The predicted octanol–water partition coefficient (Wildman–Crippen LogP) is -1.04. The van der Waals surface area contributed by atoms with Gasteiger partial charge in [-0.1, -0.05) is 36.4 Å². The topological polar surface area (TPSA) is 158 Å². The zero-order valence-corrected chi connectivity index (χ0v) is 21.4. The highest BCUT2D eigenvalue weighted by molar-refractivity contribution is 7.86. The van der Waals surface area contributed by atoms with Crippen molar-refractivity contribution in [2.24, 2.45) is 0 Å². The number of rotatable bonds is 10. The number of aliphatic hydroxyl groups excluding tert-OH is 2.